The number of nitrogens with zero attached hydrogens (tertiary/aromatic N) is 6. The van der Waals surface area contributed by atoms with Crippen LogP contribution in [0.1, 0.15) is 40.5 Å². The second kappa shape index (κ2) is 5.97. The van der Waals surface area contributed by atoms with Crippen molar-refractivity contribution in [3.63, 3.8) is 0 Å². The van der Waals surface area contributed by atoms with Gasteiger partial charge in [0.2, 0.25) is 0 Å². The second-order valence-electron chi connectivity index (χ2n) is 6.52. The molecule has 5 rings (SSSR count). The summed E-state index contributed by atoms with van der Waals surface area (Å²) in [6.07, 6.45) is 6.74. The molecule has 4 aromatic heterocycles. The molecule has 1 N–H and O–H groups in total. The van der Waals surface area contributed by atoms with Gasteiger partial charge in [-0.1, -0.05) is 5.16 Å². The highest BCUT2D eigenvalue weighted by Crippen LogP contribution is 2.40. The summed E-state index contributed by atoms with van der Waals surface area (Å²) in [5.41, 5.74) is 3.02. The van der Waals surface area contributed by atoms with E-state index in [1.54, 1.807) is 36.3 Å². The molecule has 9 heteroatoms. The molecule has 0 aliphatic heterocycles. The Morgan fingerprint density at radius 2 is 2.22 bits per heavy atom. The van der Waals surface area contributed by atoms with Crippen LogP contribution >= 0.6 is 0 Å². The summed E-state index contributed by atoms with van der Waals surface area (Å²) in [6, 6.07) is 5.37. The van der Waals surface area contributed by atoms with Crippen LogP contribution in [0.15, 0.2) is 41.6 Å². The topological polar surface area (TPSA) is 112 Å². The summed E-state index contributed by atoms with van der Waals surface area (Å²) < 4.78 is 6.84. The SMILES string of the molecule is Cc1noc2nc(C3CC3)cc(C(=O)Nc3ccc(-n4cncn4)nc3)c12. The molecule has 1 aliphatic rings. The number of hydrogen-bond donors (Lipinski definition) is 1. The number of carbonyl (C=O) groups is 1. The molecule has 0 bridgehead atoms. The third kappa shape index (κ3) is 2.82. The molecule has 0 aromatic carbocycles. The lowest BCUT2D eigenvalue weighted by molar-refractivity contribution is 0.102. The molecule has 9 nitrogen and oxygen atoms in total. The summed E-state index contributed by atoms with van der Waals surface area (Å²) in [4.78, 5) is 25.6. The van der Waals surface area contributed by atoms with Crippen molar-refractivity contribution in [3.05, 3.63) is 54.0 Å². The zero-order valence-electron chi connectivity index (χ0n) is 14.5. The zero-order valence-corrected chi connectivity index (χ0v) is 14.5. The van der Waals surface area contributed by atoms with E-state index in [2.05, 4.69) is 30.5 Å². The first kappa shape index (κ1) is 15.6. The number of amides is 1. The Balaban J connectivity index is 1.46. The minimum atomic E-state index is -0.245. The first-order valence-electron chi connectivity index (χ1n) is 8.58. The summed E-state index contributed by atoms with van der Waals surface area (Å²) in [6.45, 7) is 1.80. The molecular formula is C18H15N7O2. The fourth-order valence-corrected chi connectivity index (χ4v) is 3.00. The number of aromatic nitrogens is 6. The normalized spacial score (nSPS) is 13.8. The van der Waals surface area contributed by atoms with Crippen LogP contribution in [-0.2, 0) is 0 Å². The minimum absolute atomic E-state index is 0.245. The fraction of sp³-hybridized carbons (Fsp3) is 0.222. The average Bonchev–Trinajstić information content (AvgIpc) is 3.26. The molecule has 1 aliphatic carbocycles. The number of fused-ring (bicyclic) bond motifs is 1. The van der Waals surface area contributed by atoms with Crippen molar-refractivity contribution in [3.8, 4) is 5.82 Å². The maximum Gasteiger partial charge on any atom is 0.259 e. The van der Waals surface area contributed by atoms with Gasteiger partial charge < -0.3 is 9.84 Å². The van der Waals surface area contributed by atoms with Gasteiger partial charge in [-0.3, -0.25) is 4.79 Å². The monoisotopic (exact) mass is 361 g/mol. The Labute approximate surface area is 153 Å². The number of carbonyl (C=O) groups excluding carboxylic acids is 1. The molecule has 4 aromatic rings. The first-order chi connectivity index (χ1) is 13.2. The second-order valence-corrected chi connectivity index (χ2v) is 6.52. The summed E-state index contributed by atoms with van der Waals surface area (Å²) in [7, 11) is 0. The lowest BCUT2D eigenvalue weighted by Gasteiger charge is -2.08. The Bertz CT molecular complexity index is 1130. The summed E-state index contributed by atoms with van der Waals surface area (Å²) in [5.74, 6) is 0.767. The Kier molecular flexibility index (Phi) is 3.46. The van der Waals surface area contributed by atoms with E-state index in [0.29, 0.717) is 39.8 Å². The van der Waals surface area contributed by atoms with E-state index in [9.17, 15) is 4.79 Å². The number of nitrogens with one attached hydrogen (secondary N) is 1. The average molecular weight is 361 g/mol. The van der Waals surface area contributed by atoms with Gasteiger partial charge >= 0.3 is 0 Å². The molecule has 0 unspecified atom stereocenters. The predicted molar refractivity (Wildman–Crippen MR) is 95.6 cm³/mol. The van der Waals surface area contributed by atoms with Crippen LogP contribution in [-0.4, -0.2) is 35.8 Å². The minimum Gasteiger partial charge on any atom is -0.336 e. The number of aryl methyl sites for hydroxylation is 1. The van der Waals surface area contributed by atoms with Crippen LogP contribution in [0.2, 0.25) is 0 Å². The van der Waals surface area contributed by atoms with Crippen molar-refractivity contribution in [2.75, 3.05) is 5.32 Å². The van der Waals surface area contributed by atoms with Gasteiger partial charge in [0.05, 0.1) is 28.5 Å². The highest BCUT2D eigenvalue weighted by Gasteiger charge is 2.28. The molecule has 1 amide bonds. The first-order valence-corrected chi connectivity index (χ1v) is 8.58. The van der Waals surface area contributed by atoms with Crippen molar-refractivity contribution in [2.24, 2.45) is 0 Å². The van der Waals surface area contributed by atoms with Gasteiger partial charge in [0.15, 0.2) is 5.82 Å². The van der Waals surface area contributed by atoms with E-state index in [4.69, 9.17) is 4.52 Å². The molecule has 4 heterocycles. The molecule has 134 valence electrons. The van der Waals surface area contributed by atoms with Gasteiger partial charge in [-0.2, -0.15) is 5.10 Å². The Morgan fingerprint density at radius 1 is 1.33 bits per heavy atom. The largest absolute Gasteiger partial charge is 0.336 e. The number of hydrogen-bond acceptors (Lipinski definition) is 7. The van der Waals surface area contributed by atoms with Gasteiger partial charge in [-0.25, -0.2) is 19.6 Å². The lowest BCUT2D eigenvalue weighted by atomic mass is 10.1. The van der Waals surface area contributed by atoms with Crippen LogP contribution in [0.3, 0.4) is 0 Å². The van der Waals surface area contributed by atoms with E-state index in [-0.39, 0.29) is 5.91 Å². The molecule has 27 heavy (non-hydrogen) atoms. The van der Waals surface area contributed by atoms with Crippen LogP contribution in [0, 0.1) is 6.92 Å². The predicted octanol–water partition coefficient (Wildman–Crippen LogP) is 2.64. The standard InChI is InChI=1S/C18H15N7O2/c1-10-16-13(6-14(11-2-3-11)23-18(16)27-24-10)17(26)22-12-4-5-15(20-7-12)25-9-19-8-21-25/h4-9,11H,2-3H2,1H3,(H,22,26). The van der Waals surface area contributed by atoms with Crippen molar-refractivity contribution in [1.29, 1.82) is 0 Å². The zero-order chi connectivity index (χ0) is 18.4. The van der Waals surface area contributed by atoms with E-state index in [0.717, 1.165) is 18.5 Å². The number of pyridine rings is 2. The van der Waals surface area contributed by atoms with Gasteiger partial charge in [-0.05, 0) is 38.0 Å². The van der Waals surface area contributed by atoms with E-state index >= 15 is 0 Å². The maximum absolute atomic E-state index is 12.9. The smallest absolute Gasteiger partial charge is 0.259 e. The quantitative estimate of drug-likeness (QED) is 0.594. The Morgan fingerprint density at radius 3 is 2.93 bits per heavy atom. The lowest BCUT2D eigenvalue weighted by Crippen LogP contribution is -2.14. The highest BCUT2D eigenvalue weighted by molar-refractivity contribution is 6.12. The van der Waals surface area contributed by atoms with Crippen LogP contribution in [0.25, 0.3) is 16.9 Å². The molecule has 0 saturated heterocycles. The molecule has 0 atom stereocenters. The summed E-state index contributed by atoms with van der Waals surface area (Å²) >= 11 is 0. The van der Waals surface area contributed by atoms with Crippen LogP contribution in [0.4, 0.5) is 5.69 Å². The molecule has 0 radical (unpaired) electrons. The van der Waals surface area contributed by atoms with Gasteiger partial charge in [0.1, 0.15) is 12.7 Å². The van der Waals surface area contributed by atoms with Crippen LogP contribution in [0.5, 0.6) is 0 Å². The third-order valence-electron chi connectivity index (χ3n) is 4.54. The van der Waals surface area contributed by atoms with Gasteiger partial charge in [-0.15, -0.1) is 0 Å². The molecule has 1 fully saturated rings. The van der Waals surface area contributed by atoms with Gasteiger partial charge in [0, 0.05) is 11.6 Å². The van der Waals surface area contributed by atoms with Crippen molar-refractivity contribution in [2.45, 2.75) is 25.7 Å². The number of anilines is 1. The van der Waals surface area contributed by atoms with E-state index < -0.39 is 0 Å². The van der Waals surface area contributed by atoms with Crippen molar-refractivity contribution < 1.29 is 9.32 Å². The summed E-state index contributed by atoms with van der Waals surface area (Å²) in [5, 5.41) is 11.5. The fourth-order valence-electron chi connectivity index (χ4n) is 3.00. The van der Waals surface area contributed by atoms with E-state index in [1.165, 1.54) is 6.33 Å². The maximum atomic E-state index is 12.9. The number of rotatable bonds is 4. The highest BCUT2D eigenvalue weighted by atomic mass is 16.5. The third-order valence-corrected chi connectivity index (χ3v) is 4.54. The van der Waals surface area contributed by atoms with E-state index in [1.807, 2.05) is 6.07 Å². The van der Waals surface area contributed by atoms with Gasteiger partial charge in [0.25, 0.3) is 11.6 Å². The van der Waals surface area contributed by atoms with Crippen LogP contribution < -0.4 is 5.32 Å². The van der Waals surface area contributed by atoms with Crippen molar-refractivity contribution >= 4 is 22.7 Å². The molecule has 1 saturated carbocycles. The Hall–Kier alpha value is -3.62. The molecular weight excluding hydrogens is 346 g/mol. The molecule has 0 spiro atoms. The van der Waals surface area contributed by atoms with Crippen molar-refractivity contribution in [1.82, 2.24) is 29.9 Å².